The van der Waals surface area contributed by atoms with Crippen molar-refractivity contribution in [3.8, 4) is 11.5 Å². The molecule has 1 aliphatic heterocycles. The first kappa shape index (κ1) is 16.0. The van der Waals surface area contributed by atoms with Crippen molar-refractivity contribution in [2.75, 3.05) is 7.11 Å². The van der Waals surface area contributed by atoms with Gasteiger partial charge in [0.2, 0.25) is 0 Å². The first-order valence-electron chi connectivity index (χ1n) is 7.45. The van der Waals surface area contributed by atoms with Crippen molar-refractivity contribution in [2.24, 2.45) is 5.16 Å². The second-order valence-electron chi connectivity index (χ2n) is 5.42. The molecule has 124 valence electrons. The van der Waals surface area contributed by atoms with E-state index in [4.69, 9.17) is 14.3 Å². The molecule has 1 atom stereocenters. The Labute approximate surface area is 138 Å². The molecule has 6 heteroatoms. The smallest absolute Gasteiger partial charge is 0.365 e. The minimum absolute atomic E-state index is 0.104. The van der Waals surface area contributed by atoms with Crippen LogP contribution < -0.4 is 9.47 Å². The van der Waals surface area contributed by atoms with E-state index in [1.54, 1.807) is 19.2 Å². The topological polar surface area (TPSA) is 57.1 Å². The van der Waals surface area contributed by atoms with E-state index in [2.05, 4.69) is 5.16 Å². The van der Waals surface area contributed by atoms with Crippen LogP contribution in [-0.2, 0) is 4.84 Å². The van der Waals surface area contributed by atoms with Gasteiger partial charge in [0.25, 0.3) is 0 Å². The summed E-state index contributed by atoms with van der Waals surface area (Å²) in [7, 11) is 1.58. The second kappa shape index (κ2) is 6.70. The SMILES string of the molecule is COc1ccc2c(c1)O[C@@H](C)C/C2=N/OC(=O)c1ccc(F)cc1. The number of carbonyl (C=O) groups is 1. The van der Waals surface area contributed by atoms with E-state index < -0.39 is 11.8 Å². The van der Waals surface area contributed by atoms with Crippen LogP contribution in [0.2, 0.25) is 0 Å². The van der Waals surface area contributed by atoms with Gasteiger partial charge in [-0.05, 0) is 43.3 Å². The zero-order valence-electron chi connectivity index (χ0n) is 13.3. The molecule has 1 aliphatic rings. The number of methoxy groups -OCH3 is 1. The molecule has 0 fully saturated rings. The zero-order chi connectivity index (χ0) is 17.1. The van der Waals surface area contributed by atoms with Crippen LogP contribution >= 0.6 is 0 Å². The summed E-state index contributed by atoms with van der Waals surface area (Å²) in [5, 5.41) is 3.98. The Bertz CT molecular complexity index is 786. The van der Waals surface area contributed by atoms with Crippen LogP contribution in [0.15, 0.2) is 47.6 Å². The van der Waals surface area contributed by atoms with Crippen LogP contribution in [0.25, 0.3) is 0 Å². The van der Waals surface area contributed by atoms with Crippen molar-refractivity contribution in [3.63, 3.8) is 0 Å². The van der Waals surface area contributed by atoms with Gasteiger partial charge >= 0.3 is 5.97 Å². The number of fused-ring (bicyclic) bond motifs is 1. The molecule has 1 heterocycles. The van der Waals surface area contributed by atoms with E-state index in [0.717, 1.165) is 5.56 Å². The van der Waals surface area contributed by atoms with Gasteiger partial charge in [-0.15, -0.1) is 0 Å². The molecule has 0 aromatic heterocycles. The lowest BCUT2D eigenvalue weighted by Crippen LogP contribution is -2.25. The summed E-state index contributed by atoms with van der Waals surface area (Å²) in [6, 6.07) is 10.5. The lowest BCUT2D eigenvalue weighted by Gasteiger charge is -2.24. The number of rotatable bonds is 3. The largest absolute Gasteiger partial charge is 0.497 e. The molecule has 0 amide bonds. The van der Waals surface area contributed by atoms with Gasteiger partial charge in [-0.3, -0.25) is 0 Å². The number of hydrogen-bond donors (Lipinski definition) is 0. The summed E-state index contributed by atoms with van der Waals surface area (Å²) in [5.74, 6) is 0.242. The number of nitrogens with zero attached hydrogens (tertiary/aromatic N) is 1. The Hall–Kier alpha value is -2.89. The molecule has 5 nitrogen and oxygen atoms in total. The molecule has 24 heavy (non-hydrogen) atoms. The quantitative estimate of drug-likeness (QED) is 0.638. The standard InChI is InChI=1S/C18H16FNO4/c1-11-9-16(15-8-7-14(22-2)10-17(15)23-11)20-24-18(21)12-3-5-13(19)6-4-12/h3-8,10-11H,9H2,1-2H3/b20-16-/t11-/m0/s1. The number of halogens is 1. The van der Waals surface area contributed by atoms with Gasteiger partial charge in [0, 0.05) is 18.1 Å². The van der Waals surface area contributed by atoms with Crippen LogP contribution in [-0.4, -0.2) is 24.9 Å². The summed E-state index contributed by atoms with van der Waals surface area (Å²) in [5.41, 5.74) is 1.60. The Balaban J connectivity index is 1.83. The Morgan fingerprint density at radius 3 is 2.71 bits per heavy atom. The predicted octanol–water partition coefficient (Wildman–Crippen LogP) is 3.57. The second-order valence-corrected chi connectivity index (χ2v) is 5.42. The summed E-state index contributed by atoms with van der Waals surface area (Å²) in [6.07, 6.45) is 0.406. The highest BCUT2D eigenvalue weighted by Crippen LogP contribution is 2.31. The minimum Gasteiger partial charge on any atom is -0.497 e. The van der Waals surface area contributed by atoms with Gasteiger partial charge in [0.15, 0.2) is 0 Å². The minimum atomic E-state index is -0.642. The Morgan fingerprint density at radius 2 is 2.00 bits per heavy atom. The van der Waals surface area contributed by atoms with Gasteiger partial charge in [-0.2, -0.15) is 0 Å². The van der Waals surface area contributed by atoms with E-state index in [1.165, 1.54) is 24.3 Å². The average Bonchev–Trinajstić information content (AvgIpc) is 2.59. The molecule has 2 aromatic rings. The molecule has 3 rings (SSSR count). The molecule has 0 N–H and O–H groups in total. The number of carbonyl (C=O) groups excluding carboxylic acids is 1. The molecule has 0 saturated heterocycles. The van der Waals surface area contributed by atoms with Gasteiger partial charge in [-0.25, -0.2) is 9.18 Å². The fraction of sp³-hybridized carbons (Fsp3) is 0.222. The highest BCUT2D eigenvalue weighted by Gasteiger charge is 2.23. The number of hydrogen-bond acceptors (Lipinski definition) is 5. The number of benzene rings is 2. The van der Waals surface area contributed by atoms with Gasteiger partial charge in [0.05, 0.1) is 18.4 Å². The van der Waals surface area contributed by atoms with Crippen LogP contribution in [0.1, 0.15) is 29.3 Å². The van der Waals surface area contributed by atoms with Crippen molar-refractivity contribution in [1.29, 1.82) is 0 Å². The first-order chi connectivity index (χ1) is 11.6. The molecule has 0 bridgehead atoms. The maximum atomic E-state index is 12.9. The summed E-state index contributed by atoms with van der Waals surface area (Å²) < 4.78 is 23.8. The van der Waals surface area contributed by atoms with Crippen molar-refractivity contribution < 1.29 is 23.5 Å². The van der Waals surface area contributed by atoms with Crippen molar-refractivity contribution >= 4 is 11.7 Å². The molecule has 0 unspecified atom stereocenters. The highest BCUT2D eigenvalue weighted by molar-refractivity contribution is 6.04. The normalized spacial score (nSPS) is 17.8. The van der Waals surface area contributed by atoms with E-state index in [9.17, 15) is 9.18 Å². The van der Waals surface area contributed by atoms with E-state index in [-0.39, 0.29) is 11.7 Å². The maximum absolute atomic E-state index is 12.9. The third kappa shape index (κ3) is 3.37. The first-order valence-corrected chi connectivity index (χ1v) is 7.45. The maximum Gasteiger partial charge on any atom is 0.365 e. The summed E-state index contributed by atoms with van der Waals surface area (Å²) in [4.78, 5) is 17.0. The molecule has 2 aromatic carbocycles. The molecular weight excluding hydrogens is 313 g/mol. The van der Waals surface area contributed by atoms with Crippen LogP contribution in [0.3, 0.4) is 0 Å². The van der Waals surface area contributed by atoms with Gasteiger partial charge < -0.3 is 14.3 Å². The number of ether oxygens (including phenoxy) is 2. The number of oxime groups is 1. The average molecular weight is 329 g/mol. The Morgan fingerprint density at radius 1 is 1.25 bits per heavy atom. The van der Waals surface area contributed by atoms with Crippen molar-refractivity contribution in [3.05, 3.63) is 59.4 Å². The van der Waals surface area contributed by atoms with Gasteiger partial charge in [0.1, 0.15) is 23.4 Å². The molecular formula is C18H16FNO4. The summed E-state index contributed by atoms with van der Waals surface area (Å²) >= 11 is 0. The third-order valence-electron chi connectivity index (χ3n) is 3.63. The third-order valence-corrected chi connectivity index (χ3v) is 3.63. The summed E-state index contributed by atoms with van der Waals surface area (Å²) in [6.45, 7) is 1.90. The van der Waals surface area contributed by atoms with Crippen molar-refractivity contribution in [2.45, 2.75) is 19.4 Å². The van der Waals surface area contributed by atoms with E-state index in [1.807, 2.05) is 13.0 Å². The van der Waals surface area contributed by atoms with E-state index >= 15 is 0 Å². The monoisotopic (exact) mass is 329 g/mol. The fourth-order valence-corrected chi connectivity index (χ4v) is 2.43. The fourth-order valence-electron chi connectivity index (χ4n) is 2.43. The van der Waals surface area contributed by atoms with Gasteiger partial charge in [-0.1, -0.05) is 5.16 Å². The molecule has 0 saturated carbocycles. The molecule has 0 aliphatic carbocycles. The van der Waals surface area contributed by atoms with Crippen molar-refractivity contribution in [1.82, 2.24) is 0 Å². The van der Waals surface area contributed by atoms with Crippen LogP contribution in [0.4, 0.5) is 4.39 Å². The van der Waals surface area contributed by atoms with E-state index in [0.29, 0.717) is 23.6 Å². The zero-order valence-corrected chi connectivity index (χ0v) is 13.3. The Kier molecular flexibility index (Phi) is 4.46. The van der Waals surface area contributed by atoms with Crippen LogP contribution in [0, 0.1) is 5.82 Å². The lowest BCUT2D eigenvalue weighted by molar-refractivity contribution is 0.0513. The molecule has 0 spiro atoms. The predicted molar refractivity (Wildman–Crippen MR) is 86.1 cm³/mol. The lowest BCUT2D eigenvalue weighted by atomic mass is 10.0. The highest BCUT2D eigenvalue weighted by atomic mass is 19.1. The molecule has 0 radical (unpaired) electrons. The van der Waals surface area contributed by atoms with Crippen LogP contribution in [0.5, 0.6) is 11.5 Å².